The van der Waals surface area contributed by atoms with E-state index in [9.17, 15) is 18.0 Å². The van der Waals surface area contributed by atoms with Crippen molar-refractivity contribution in [3.63, 3.8) is 0 Å². The molecule has 23 heavy (non-hydrogen) atoms. The molecule has 1 amide bonds. The number of nitrogens with one attached hydrogen (secondary N) is 1. The Hall–Kier alpha value is -1.93. The van der Waals surface area contributed by atoms with E-state index < -0.39 is 27.9 Å². The molecule has 1 rings (SSSR count). The van der Waals surface area contributed by atoms with E-state index in [0.29, 0.717) is 6.54 Å². The molecule has 2 N–H and O–H groups in total. The van der Waals surface area contributed by atoms with Gasteiger partial charge in [-0.2, -0.15) is 4.72 Å². The zero-order valence-corrected chi connectivity index (χ0v) is 14.3. The van der Waals surface area contributed by atoms with E-state index in [-0.39, 0.29) is 10.5 Å². The fraction of sp³-hybridized carbons (Fsp3) is 0.467. The molecule has 0 aliphatic rings. The minimum Gasteiger partial charge on any atom is -0.480 e. The van der Waals surface area contributed by atoms with E-state index in [2.05, 4.69) is 4.72 Å². The van der Waals surface area contributed by atoms with Crippen molar-refractivity contribution in [2.45, 2.75) is 37.6 Å². The number of unbranched alkanes of at least 4 members (excludes halogenated alkanes) is 1. The largest absolute Gasteiger partial charge is 0.480 e. The lowest BCUT2D eigenvalue weighted by atomic mass is 10.2. The molecule has 0 heterocycles. The van der Waals surface area contributed by atoms with Crippen molar-refractivity contribution in [3.05, 3.63) is 29.8 Å². The van der Waals surface area contributed by atoms with Crippen LogP contribution in [0.4, 0.5) is 0 Å². The van der Waals surface area contributed by atoms with Crippen LogP contribution >= 0.6 is 0 Å². The number of benzene rings is 1. The number of rotatable bonds is 8. The normalized spacial score (nSPS) is 12.7. The first-order chi connectivity index (χ1) is 10.7. The lowest BCUT2D eigenvalue weighted by Crippen LogP contribution is -2.39. The molecule has 1 aromatic rings. The van der Waals surface area contributed by atoms with Crippen LogP contribution in [0.3, 0.4) is 0 Å². The van der Waals surface area contributed by atoms with Crippen molar-refractivity contribution in [2.75, 3.05) is 13.6 Å². The number of hydrogen-bond donors (Lipinski definition) is 2. The SMILES string of the molecule is CCCCN(C)C(=O)c1ccccc1S(=O)(=O)N[C@@H](C)C(=O)O. The molecule has 1 aromatic carbocycles. The summed E-state index contributed by atoms with van der Waals surface area (Å²) in [7, 11) is -2.51. The molecule has 1 atom stereocenters. The van der Waals surface area contributed by atoms with Crippen LogP contribution < -0.4 is 4.72 Å². The molecule has 0 spiro atoms. The first kappa shape index (κ1) is 19.1. The zero-order valence-electron chi connectivity index (χ0n) is 13.4. The van der Waals surface area contributed by atoms with Crippen LogP contribution in [0.25, 0.3) is 0 Å². The fourth-order valence-electron chi connectivity index (χ4n) is 1.93. The van der Waals surface area contributed by atoms with Crippen LogP contribution in [0, 0.1) is 0 Å². The van der Waals surface area contributed by atoms with Gasteiger partial charge in [0, 0.05) is 13.6 Å². The molecule has 0 unspecified atom stereocenters. The van der Waals surface area contributed by atoms with Gasteiger partial charge in [-0.1, -0.05) is 25.5 Å². The molecule has 0 aliphatic carbocycles. The number of carbonyl (C=O) groups excluding carboxylic acids is 1. The monoisotopic (exact) mass is 342 g/mol. The second-order valence-corrected chi connectivity index (χ2v) is 6.94. The number of sulfonamides is 1. The van der Waals surface area contributed by atoms with Crippen LogP contribution in [-0.2, 0) is 14.8 Å². The smallest absolute Gasteiger partial charge is 0.321 e. The van der Waals surface area contributed by atoms with E-state index in [1.165, 1.54) is 30.0 Å². The van der Waals surface area contributed by atoms with E-state index in [1.807, 2.05) is 6.92 Å². The highest BCUT2D eigenvalue weighted by Crippen LogP contribution is 2.17. The predicted octanol–water partition coefficient (Wildman–Crippen LogP) is 1.31. The minimum atomic E-state index is -4.11. The molecule has 0 aliphatic heterocycles. The van der Waals surface area contributed by atoms with Crippen molar-refractivity contribution >= 4 is 21.9 Å². The summed E-state index contributed by atoms with van der Waals surface area (Å²) in [6.45, 7) is 3.73. The molecule has 0 bridgehead atoms. The topological polar surface area (TPSA) is 104 Å². The average Bonchev–Trinajstić information content (AvgIpc) is 2.51. The Morgan fingerprint density at radius 2 is 1.91 bits per heavy atom. The maximum absolute atomic E-state index is 12.5. The molecule has 0 radical (unpaired) electrons. The molecule has 0 fully saturated rings. The Morgan fingerprint density at radius 1 is 1.30 bits per heavy atom. The Kier molecular flexibility index (Phi) is 6.71. The second-order valence-electron chi connectivity index (χ2n) is 5.26. The summed E-state index contributed by atoms with van der Waals surface area (Å²) in [5, 5.41) is 8.85. The quantitative estimate of drug-likeness (QED) is 0.741. The number of aliphatic carboxylic acids is 1. The van der Waals surface area contributed by atoms with Gasteiger partial charge in [-0.15, -0.1) is 0 Å². The Bertz CT molecular complexity index is 672. The summed E-state index contributed by atoms with van der Waals surface area (Å²) in [6, 6.07) is 4.48. The molecule has 7 nitrogen and oxygen atoms in total. The third-order valence-corrected chi connectivity index (χ3v) is 4.90. The van der Waals surface area contributed by atoms with Crippen LogP contribution in [0.5, 0.6) is 0 Å². The molecule has 0 aromatic heterocycles. The minimum absolute atomic E-state index is 0.0243. The highest BCUT2D eigenvalue weighted by Gasteiger charge is 2.27. The number of carbonyl (C=O) groups is 2. The van der Waals surface area contributed by atoms with Crippen LogP contribution in [0.1, 0.15) is 37.0 Å². The van der Waals surface area contributed by atoms with Gasteiger partial charge in [-0.25, -0.2) is 8.42 Å². The van der Waals surface area contributed by atoms with Gasteiger partial charge in [-0.3, -0.25) is 9.59 Å². The van der Waals surface area contributed by atoms with Gasteiger partial charge in [0.25, 0.3) is 5.91 Å². The summed E-state index contributed by atoms with van der Waals surface area (Å²) >= 11 is 0. The standard InChI is InChI=1S/C15H22N2O5S/c1-4-5-10-17(3)14(18)12-8-6-7-9-13(12)23(21,22)16-11(2)15(19)20/h6-9,11,16H,4-5,10H2,1-3H3,(H,19,20)/t11-/m0/s1. The Morgan fingerprint density at radius 3 is 2.48 bits per heavy atom. The fourth-order valence-corrected chi connectivity index (χ4v) is 3.32. The van der Waals surface area contributed by atoms with Gasteiger partial charge in [0.15, 0.2) is 0 Å². The van der Waals surface area contributed by atoms with Crippen LogP contribution in [-0.4, -0.2) is 49.9 Å². The molecule has 0 saturated carbocycles. The van der Waals surface area contributed by atoms with E-state index in [1.54, 1.807) is 13.1 Å². The first-order valence-corrected chi connectivity index (χ1v) is 8.78. The predicted molar refractivity (Wildman–Crippen MR) is 85.7 cm³/mol. The average molecular weight is 342 g/mol. The zero-order chi connectivity index (χ0) is 17.6. The number of hydrogen-bond acceptors (Lipinski definition) is 4. The Balaban J connectivity index is 3.14. The van der Waals surface area contributed by atoms with E-state index in [4.69, 9.17) is 5.11 Å². The molecular formula is C15H22N2O5S. The van der Waals surface area contributed by atoms with E-state index >= 15 is 0 Å². The number of carboxylic acids is 1. The van der Waals surface area contributed by atoms with Gasteiger partial charge in [-0.05, 0) is 25.5 Å². The first-order valence-electron chi connectivity index (χ1n) is 7.30. The maximum Gasteiger partial charge on any atom is 0.321 e. The van der Waals surface area contributed by atoms with E-state index in [0.717, 1.165) is 12.8 Å². The summed E-state index contributed by atoms with van der Waals surface area (Å²) < 4.78 is 26.8. The van der Waals surface area contributed by atoms with Gasteiger partial charge >= 0.3 is 5.97 Å². The lowest BCUT2D eigenvalue weighted by Gasteiger charge is -2.19. The third-order valence-electron chi connectivity index (χ3n) is 3.30. The summed E-state index contributed by atoms with van der Waals surface area (Å²) in [4.78, 5) is 24.5. The van der Waals surface area contributed by atoms with Gasteiger partial charge in [0.1, 0.15) is 6.04 Å². The summed E-state index contributed by atoms with van der Waals surface area (Å²) in [6.07, 6.45) is 1.72. The van der Waals surface area contributed by atoms with Crippen LogP contribution in [0.2, 0.25) is 0 Å². The Labute approximate surface area is 136 Å². The highest BCUT2D eigenvalue weighted by atomic mass is 32.2. The van der Waals surface area contributed by atoms with Crippen molar-refractivity contribution in [2.24, 2.45) is 0 Å². The van der Waals surface area contributed by atoms with Gasteiger partial charge in [0.05, 0.1) is 10.5 Å². The lowest BCUT2D eigenvalue weighted by molar-refractivity contribution is -0.138. The summed E-state index contributed by atoms with van der Waals surface area (Å²) in [5.74, 6) is -1.71. The number of carboxylic acid groups (broad SMARTS) is 1. The molecule has 128 valence electrons. The number of amides is 1. The third kappa shape index (κ3) is 5.04. The summed E-state index contributed by atoms with van der Waals surface area (Å²) in [5.41, 5.74) is 0.0243. The maximum atomic E-state index is 12.5. The van der Waals surface area contributed by atoms with Gasteiger partial charge < -0.3 is 10.0 Å². The highest BCUT2D eigenvalue weighted by molar-refractivity contribution is 7.89. The van der Waals surface area contributed by atoms with Crippen molar-refractivity contribution < 1.29 is 23.1 Å². The molecule has 0 saturated heterocycles. The molecule has 8 heteroatoms. The van der Waals surface area contributed by atoms with Crippen molar-refractivity contribution in [1.82, 2.24) is 9.62 Å². The van der Waals surface area contributed by atoms with Crippen LogP contribution in [0.15, 0.2) is 29.2 Å². The van der Waals surface area contributed by atoms with Gasteiger partial charge in [0.2, 0.25) is 10.0 Å². The van der Waals surface area contributed by atoms with Crippen molar-refractivity contribution in [3.8, 4) is 0 Å². The number of nitrogens with zero attached hydrogens (tertiary/aromatic N) is 1. The second kappa shape index (κ2) is 8.07. The molecular weight excluding hydrogens is 320 g/mol. The van der Waals surface area contributed by atoms with Crippen molar-refractivity contribution in [1.29, 1.82) is 0 Å².